The molecule has 108 valence electrons. The molecule has 20 heavy (non-hydrogen) atoms. The smallest absolute Gasteiger partial charge is 0.306 e. The zero-order valence-electron chi connectivity index (χ0n) is 12.1. The predicted octanol–water partition coefficient (Wildman–Crippen LogP) is 3.87. The maximum Gasteiger partial charge on any atom is 0.306 e. The third kappa shape index (κ3) is 4.48. The fraction of sp³-hybridized carbons (Fsp3) is 0.529. The molecule has 0 saturated heterocycles. The van der Waals surface area contributed by atoms with Gasteiger partial charge in [0.05, 0.1) is 13.0 Å². The highest BCUT2D eigenvalue weighted by Gasteiger charge is 2.24. The van der Waals surface area contributed by atoms with Crippen molar-refractivity contribution in [3.05, 3.63) is 35.4 Å². The molecule has 1 fully saturated rings. The molecule has 0 N–H and O–H groups in total. The van der Waals surface area contributed by atoms with Gasteiger partial charge in [-0.3, -0.25) is 9.59 Å². The van der Waals surface area contributed by atoms with Crippen LogP contribution < -0.4 is 0 Å². The minimum absolute atomic E-state index is 0.0277. The minimum Gasteiger partial charge on any atom is -0.466 e. The van der Waals surface area contributed by atoms with Gasteiger partial charge in [0.2, 0.25) is 0 Å². The molecule has 3 heteroatoms. The van der Waals surface area contributed by atoms with Crippen molar-refractivity contribution in [1.29, 1.82) is 0 Å². The zero-order valence-corrected chi connectivity index (χ0v) is 12.1. The fourth-order valence-electron chi connectivity index (χ4n) is 2.15. The van der Waals surface area contributed by atoms with Crippen molar-refractivity contribution in [2.24, 2.45) is 0 Å². The monoisotopic (exact) mass is 274 g/mol. The first kappa shape index (κ1) is 14.8. The van der Waals surface area contributed by atoms with Crippen LogP contribution in [-0.2, 0) is 9.53 Å². The molecule has 0 spiro atoms. The number of Topliss-reactive ketones (excluding diaryl/α,β-unsaturated/α-hetero) is 1. The molecule has 1 aromatic carbocycles. The Hall–Kier alpha value is -1.64. The van der Waals surface area contributed by atoms with Crippen molar-refractivity contribution < 1.29 is 14.3 Å². The Morgan fingerprint density at radius 3 is 2.75 bits per heavy atom. The van der Waals surface area contributed by atoms with Crippen molar-refractivity contribution in [3.8, 4) is 0 Å². The quantitative estimate of drug-likeness (QED) is 0.410. The minimum atomic E-state index is -0.273. The number of ketones is 1. The van der Waals surface area contributed by atoms with E-state index in [4.69, 9.17) is 4.74 Å². The Balaban J connectivity index is 1.79. The lowest BCUT2D eigenvalue weighted by Gasteiger charge is -2.05. The molecule has 0 aliphatic heterocycles. The first-order valence-electron chi connectivity index (χ1n) is 7.49. The fourth-order valence-corrected chi connectivity index (χ4v) is 2.15. The second-order valence-corrected chi connectivity index (χ2v) is 5.40. The van der Waals surface area contributed by atoms with E-state index in [-0.39, 0.29) is 24.6 Å². The number of hydrogen-bond acceptors (Lipinski definition) is 3. The maximum absolute atomic E-state index is 12.1. The van der Waals surface area contributed by atoms with Gasteiger partial charge in [0, 0.05) is 12.0 Å². The molecule has 0 heterocycles. The van der Waals surface area contributed by atoms with Crippen LogP contribution in [0.15, 0.2) is 24.3 Å². The second kappa shape index (κ2) is 7.22. The summed E-state index contributed by atoms with van der Waals surface area (Å²) in [6.45, 7) is 2.50. The summed E-state index contributed by atoms with van der Waals surface area (Å²) in [7, 11) is 0. The van der Waals surface area contributed by atoms with Gasteiger partial charge in [-0.05, 0) is 36.8 Å². The normalized spacial score (nSPS) is 14.1. The van der Waals surface area contributed by atoms with Gasteiger partial charge in [-0.15, -0.1) is 0 Å². The largest absolute Gasteiger partial charge is 0.466 e. The molecule has 1 aliphatic carbocycles. The van der Waals surface area contributed by atoms with Gasteiger partial charge in [-0.25, -0.2) is 0 Å². The lowest BCUT2D eigenvalue weighted by molar-refractivity contribution is -0.143. The van der Waals surface area contributed by atoms with E-state index in [9.17, 15) is 9.59 Å². The van der Waals surface area contributed by atoms with Crippen molar-refractivity contribution in [2.45, 2.75) is 51.4 Å². The van der Waals surface area contributed by atoms with Crippen LogP contribution in [-0.4, -0.2) is 18.4 Å². The number of carbonyl (C=O) groups is 2. The number of ether oxygens (including phenoxy) is 1. The van der Waals surface area contributed by atoms with Crippen LogP contribution in [0.3, 0.4) is 0 Å². The van der Waals surface area contributed by atoms with Crippen molar-refractivity contribution in [3.63, 3.8) is 0 Å². The standard InChI is InChI=1S/C17H22O3/c1-2-3-11-20-17(19)10-9-16(18)15-6-4-5-14(12-15)13-7-8-13/h4-6,12-13H,2-3,7-11H2,1H3. The molecule has 1 aromatic rings. The Morgan fingerprint density at radius 2 is 2.05 bits per heavy atom. The van der Waals surface area contributed by atoms with Crippen molar-refractivity contribution in [2.75, 3.05) is 6.61 Å². The molecule has 0 unspecified atom stereocenters. The van der Waals surface area contributed by atoms with E-state index < -0.39 is 0 Å². The maximum atomic E-state index is 12.1. The van der Waals surface area contributed by atoms with Crippen LogP contribution in [0.2, 0.25) is 0 Å². The van der Waals surface area contributed by atoms with E-state index in [0.29, 0.717) is 12.5 Å². The number of esters is 1. The highest BCUT2D eigenvalue weighted by atomic mass is 16.5. The molecular weight excluding hydrogens is 252 g/mol. The average Bonchev–Trinajstić information content (AvgIpc) is 3.30. The third-order valence-corrected chi connectivity index (χ3v) is 3.57. The van der Waals surface area contributed by atoms with E-state index in [2.05, 4.69) is 6.07 Å². The van der Waals surface area contributed by atoms with Gasteiger partial charge in [-0.2, -0.15) is 0 Å². The zero-order chi connectivity index (χ0) is 14.4. The van der Waals surface area contributed by atoms with E-state index in [1.807, 2.05) is 25.1 Å². The van der Waals surface area contributed by atoms with E-state index >= 15 is 0 Å². The summed E-state index contributed by atoms with van der Waals surface area (Å²) < 4.78 is 5.05. The summed E-state index contributed by atoms with van der Waals surface area (Å²) >= 11 is 0. The van der Waals surface area contributed by atoms with Crippen LogP contribution in [0.4, 0.5) is 0 Å². The lowest BCUT2D eigenvalue weighted by atomic mass is 10.0. The van der Waals surface area contributed by atoms with Crippen molar-refractivity contribution in [1.82, 2.24) is 0 Å². The molecular formula is C17H22O3. The van der Waals surface area contributed by atoms with Crippen LogP contribution in [0.5, 0.6) is 0 Å². The molecule has 0 amide bonds. The molecule has 0 atom stereocenters. The first-order chi connectivity index (χ1) is 9.70. The molecule has 3 nitrogen and oxygen atoms in total. The second-order valence-electron chi connectivity index (χ2n) is 5.40. The van der Waals surface area contributed by atoms with E-state index in [1.165, 1.54) is 18.4 Å². The van der Waals surface area contributed by atoms with Crippen LogP contribution in [0, 0.1) is 0 Å². The van der Waals surface area contributed by atoms with Crippen molar-refractivity contribution >= 4 is 11.8 Å². The lowest BCUT2D eigenvalue weighted by Crippen LogP contribution is -2.09. The van der Waals surface area contributed by atoms with Gasteiger partial charge in [0.15, 0.2) is 5.78 Å². The Morgan fingerprint density at radius 1 is 1.25 bits per heavy atom. The average molecular weight is 274 g/mol. The molecule has 0 aromatic heterocycles. The first-order valence-corrected chi connectivity index (χ1v) is 7.49. The van der Waals surface area contributed by atoms with Gasteiger partial charge in [0.1, 0.15) is 0 Å². The van der Waals surface area contributed by atoms with Crippen LogP contribution >= 0.6 is 0 Å². The Bertz CT molecular complexity index is 475. The summed E-state index contributed by atoms with van der Waals surface area (Å²) in [5.41, 5.74) is 1.97. The van der Waals surface area contributed by atoms with Gasteiger partial charge < -0.3 is 4.74 Å². The molecule has 0 radical (unpaired) electrons. The Labute approximate surface area is 120 Å². The number of benzene rings is 1. The van der Waals surface area contributed by atoms with Gasteiger partial charge >= 0.3 is 5.97 Å². The highest BCUT2D eigenvalue weighted by molar-refractivity contribution is 5.97. The number of hydrogen-bond donors (Lipinski definition) is 0. The van der Waals surface area contributed by atoms with Gasteiger partial charge in [-0.1, -0.05) is 31.5 Å². The summed E-state index contributed by atoms with van der Waals surface area (Å²) in [5.74, 6) is 0.395. The predicted molar refractivity (Wildman–Crippen MR) is 77.8 cm³/mol. The van der Waals surface area contributed by atoms with Crippen LogP contribution in [0.1, 0.15) is 67.3 Å². The SMILES string of the molecule is CCCCOC(=O)CCC(=O)c1cccc(C2CC2)c1. The summed E-state index contributed by atoms with van der Waals surface area (Å²) in [5, 5.41) is 0. The van der Waals surface area contributed by atoms with Crippen LogP contribution in [0.25, 0.3) is 0 Å². The highest BCUT2D eigenvalue weighted by Crippen LogP contribution is 2.40. The van der Waals surface area contributed by atoms with E-state index in [0.717, 1.165) is 18.4 Å². The summed E-state index contributed by atoms with van der Waals surface area (Å²) in [6, 6.07) is 7.81. The molecule has 2 rings (SSSR count). The Kier molecular flexibility index (Phi) is 5.33. The van der Waals surface area contributed by atoms with Gasteiger partial charge in [0.25, 0.3) is 0 Å². The third-order valence-electron chi connectivity index (χ3n) is 3.57. The number of carbonyl (C=O) groups excluding carboxylic acids is 2. The summed E-state index contributed by atoms with van der Waals surface area (Å²) in [6.07, 6.45) is 4.74. The molecule has 0 bridgehead atoms. The molecule has 1 aliphatic rings. The topological polar surface area (TPSA) is 43.4 Å². The molecule has 1 saturated carbocycles. The number of rotatable bonds is 8. The number of unbranched alkanes of at least 4 members (excludes halogenated alkanes) is 1. The van der Waals surface area contributed by atoms with E-state index in [1.54, 1.807) is 0 Å². The summed E-state index contributed by atoms with van der Waals surface area (Å²) in [4.78, 5) is 23.5.